The summed E-state index contributed by atoms with van der Waals surface area (Å²) in [5.74, 6) is -0.538. The van der Waals surface area contributed by atoms with Gasteiger partial charge in [-0.2, -0.15) is 17.9 Å². The molecule has 0 bridgehead atoms. The lowest BCUT2D eigenvalue weighted by molar-refractivity contribution is 0.371. The van der Waals surface area contributed by atoms with Crippen LogP contribution in [-0.2, 0) is 20.0 Å². The predicted molar refractivity (Wildman–Crippen MR) is 121 cm³/mol. The minimum Gasteiger partial charge on any atom is -0.284 e. The minimum absolute atomic E-state index is 0.0719. The number of hydrazone groups is 1. The Morgan fingerprint density at radius 2 is 1.62 bits per heavy atom. The molecule has 3 aromatic rings. The Balaban J connectivity index is 1.77. The molecule has 1 aliphatic heterocycles. The molecular formula is C22H20FN3O4S2. The molecule has 0 spiro atoms. The second-order valence-electron chi connectivity index (χ2n) is 7.36. The van der Waals surface area contributed by atoms with Crippen LogP contribution in [0, 0.1) is 5.82 Å². The maximum atomic E-state index is 13.4. The third-order valence-electron chi connectivity index (χ3n) is 4.91. The van der Waals surface area contributed by atoms with Gasteiger partial charge in [0.15, 0.2) is 0 Å². The summed E-state index contributed by atoms with van der Waals surface area (Å²) < 4.78 is 66.7. The van der Waals surface area contributed by atoms with Crippen LogP contribution in [-0.4, -0.2) is 33.2 Å². The van der Waals surface area contributed by atoms with Crippen molar-refractivity contribution in [3.05, 3.63) is 95.8 Å². The molecule has 0 radical (unpaired) electrons. The highest BCUT2D eigenvalue weighted by Gasteiger charge is 2.37. The van der Waals surface area contributed by atoms with Crippen molar-refractivity contribution in [3.63, 3.8) is 0 Å². The van der Waals surface area contributed by atoms with Crippen molar-refractivity contribution in [1.82, 2.24) is 4.41 Å². The molecular weight excluding hydrogens is 453 g/mol. The van der Waals surface area contributed by atoms with Crippen LogP contribution in [0.4, 0.5) is 10.1 Å². The van der Waals surface area contributed by atoms with E-state index in [4.69, 9.17) is 0 Å². The largest absolute Gasteiger partial charge is 0.284 e. The summed E-state index contributed by atoms with van der Waals surface area (Å²) in [4.78, 5) is -0.0719. The SMILES string of the molecule is CS(=O)(=O)Nc1cccc(C2=NN(S(=O)(=O)c3ccc(F)cc3)[C@H](c3ccccc3)C2)c1. The third kappa shape index (κ3) is 4.66. The molecule has 32 heavy (non-hydrogen) atoms. The summed E-state index contributed by atoms with van der Waals surface area (Å²) >= 11 is 0. The van der Waals surface area contributed by atoms with Crippen LogP contribution >= 0.6 is 0 Å². The number of hydrogen-bond acceptors (Lipinski definition) is 5. The first kappa shape index (κ1) is 22.0. The highest BCUT2D eigenvalue weighted by Crippen LogP contribution is 2.37. The summed E-state index contributed by atoms with van der Waals surface area (Å²) in [6.45, 7) is 0. The van der Waals surface area contributed by atoms with Crippen molar-refractivity contribution in [2.45, 2.75) is 17.4 Å². The second-order valence-corrected chi connectivity index (χ2v) is 10.9. The number of sulfonamides is 2. The molecule has 0 saturated carbocycles. The van der Waals surface area contributed by atoms with E-state index in [0.29, 0.717) is 17.0 Å². The lowest BCUT2D eigenvalue weighted by Crippen LogP contribution is -2.27. The molecule has 0 unspecified atom stereocenters. The van der Waals surface area contributed by atoms with Crippen molar-refractivity contribution in [3.8, 4) is 0 Å². The van der Waals surface area contributed by atoms with Gasteiger partial charge in [-0.1, -0.05) is 42.5 Å². The van der Waals surface area contributed by atoms with Gasteiger partial charge in [-0.3, -0.25) is 4.72 Å². The van der Waals surface area contributed by atoms with E-state index in [-0.39, 0.29) is 11.3 Å². The van der Waals surface area contributed by atoms with E-state index in [1.807, 2.05) is 30.3 Å². The zero-order valence-corrected chi connectivity index (χ0v) is 18.6. The van der Waals surface area contributed by atoms with Gasteiger partial charge in [-0.25, -0.2) is 12.8 Å². The van der Waals surface area contributed by atoms with Crippen molar-refractivity contribution in [2.75, 3.05) is 11.0 Å². The fourth-order valence-electron chi connectivity index (χ4n) is 3.50. The number of halogens is 1. The molecule has 166 valence electrons. The fourth-order valence-corrected chi connectivity index (χ4v) is 5.49. The van der Waals surface area contributed by atoms with Crippen LogP contribution in [0.25, 0.3) is 0 Å². The monoisotopic (exact) mass is 473 g/mol. The van der Waals surface area contributed by atoms with Crippen LogP contribution in [0.15, 0.2) is 88.9 Å². The van der Waals surface area contributed by atoms with E-state index in [9.17, 15) is 21.2 Å². The lowest BCUT2D eigenvalue weighted by Gasteiger charge is -2.23. The summed E-state index contributed by atoms with van der Waals surface area (Å²) in [6.07, 6.45) is 1.34. The molecule has 0 amide bonds. The van der Waals surface area contributed by atoms with Crippen LogP contribution < -0.4 is 4.72 Å². The second kappa shape index (κ2) is 8.36. The van der Waals surface area contributed by atoms with Gasteiger partial charge >= 0.3 is 0 Å². The van der Waals surface area contributed by atoms with Gasteiger partial charge < -0.3 is 0 Å². The zero-order chi connectivity index (χ0) is 22.9. The summed E-state index contributed by atoms with van der Waals surface area (Å²) in [6, 6.07) is 19.7. The zero-order valence-electron chi connectivity index (χ0n) is 17.0. The van der Waals surface area contributed by atoms with E-state index >= 15 is 0 Å². The predicted octanol–water partition coefficient (Wildman–Crippen LogP) is 3.74. The molecule has 3 aromatic carbocycles. The van der Waals surface area contributed by atoms with Gasteiger partial charge in [-0.05, 0) is 47.5 Å². The van der Waals surface area contributed by atoms with Crippen molar-refractivity contribution < 1.29 is 21.2 Å². The molecule has 1 N–H and O–H groups in total. The van der Waals surface area contributed by atoms with Crippen LogP contribution in [0.2, 0.25) is 0 Å². The Bertz CT molecular complexity index is 1370. The highest BCUT2D eigenvalue weighted by atomic mass is 32.2. The van der Waals surface area contributed by atoms with Gasteiger partial charge in [0.2, 0.25) is 10.0 Å². The van der Waals surface area contributed by atoms with Crippen molar-refractivity contribution >= 4 is 31.4 Å². The normalized spacial score (nSPS) is 16.6. The quantitative estimate of drug-likeness (QED) is 0.590. The number of nitrogens with one attached hydrogen (secondary N) is 1. The van der Waals surface area contributed by atoms with Crippen LogP contribution in [0.3, 0.4) is 0 Å². The van der Waals surface area contributed by atoms with E-state index in [1.165, 1.54) is 12.1 Å². The van der Waals surface area contributed by atoms with Crippen molar-refractivity contribution in [1.29, 1.82) is 0 Å². The van der Waals surface area contributed by atoms with Crippen LogP contribution in [0.5, 0.6) is 0 Å². The molecule has 1 atom stereocenters. The van der Waals surface area contributed by atoms with Gasteiger partial charge in [0, 0.05) is 12.1 Å². The molecule has 1 aliphatic rings. The topological polar surface area (TPSA) is 95.9 Å². The molecule has 7 nitrogen and oxygen atoms in total. The first-order valence-electron chi connectivity index (χ1n) is 9.64. The Morgan fingerprint density at radius 3 is 2.28 bits per heavy atom. The van der Waals surface area contributed by atoms with Gasteiger partial charge in [0.1, 0.15) is 5.82 Å². The van der Waals surface area contributed by atoms with Gasteiger partial charge in [0.05, 0.1) is 22.9 Å². The third-order valence-corrected chi connectivity index (χ3v) is 7.22. The average molecular weight is 474 g/mol. The number of rotatable bonds is 6. The molecule has 4 rings (SSSR count). The van der Waals surface area contributed by atoms with Gasteiger partial charge in [0.25, 0.3) is 10.0 Å². The number of anilines is 1. The summed E-state index contributed by atoms with van der Waals surface area (Å²) in [5, 5.41) is 4.42. The first-order chi connectivity index (χ1) is 15.1. The van der Waals surface area contributed by atoms with Crippen molar-refractivity contribution in [2.24, 2.45) is 5.10 Å². The molecule has 0 aliphatic carbocycles. The Kier molecular flexibility index (Phi) is 5.74. The van der Waals surface area contributed by atoms with E-state index in [2.05, 4.69) is 9.82 Å². The molecule has 0 saturated heterocycles. The Hall–Kier alpha value is -3.24. The molecule has 1 heterocycles. The smallest absolute Gasteiger partial charge is 0.279 e. The number of hydrogen-bond donors (Lipinski definition) is 1. The van der Waals surface area contributed by atoms with Crippen LogP contribution in [0.1, 0.15) is 23.6 Å². The summed E-state index contributed by atoms with van der Waals surface area (Å²) in [5.41, 5.74) is 2.18. The molecule has 0 aromatic heterocycles. The molecule has 0 fully saturated rings. The fraction of sp³-hybridized carbons (Fsp3) is 0.136. The van der Waals surface area contributed by atoms with E-state index in [0.717, 1.165) is 28.4 Å². The number of nitrogens with zero attached hydrogens (tertiary/aromatic N) is 2. The van der Waals surface area contributed by atoms with E-state index in [1.54, 1.807) is 24.3 Å². The molecule has 10 heteroatoms. The number of benzene rings is 3. The average Bonchev–Trinajstić information content (AvgIpc) is 3.20. The van der Waals surface area contributed by atoms with E-state index < -0.39 is 31.9 Å². The lowest BCUT2D eigenvalue weighted by atomic mass is 9.99. The first-order valence-corrected chi connectivity index (χ1v) is 13.0. The van der Waals surface area contributed by atoms with Gasteiger partial charge in [-0.15, -0.1) is 0 Å². The highest BCUT2D eigenvalue weighted by molar-refractivity contribution is 7.92. The Labute approximate surface area is 186 Å². The standard InChI is InChI=1S/C22H20FN3O4S2/c1-31(27,28)25-19-9-5-8-17(14-19)21-15-22(16-6-3-2-4-7-16)26(24-21)32(29,30)20-12-10-18(23)11-13-20/h2-14,22,25H,15H2,1H3/t22-/m0/s1. The maximum absolute atomic E-state index is 13.4. The summed E-state index contributed by atoms with van der Waals surface area (Å²) in [7, 11) is -7.54. The Morgan fingerprint density at radius 1 is 0.938 bits per heavy atom. The minimum atomic E-state index is -4.06. The maximum Gasteiger partial charge on any atom is 0.279 e.